The summed E-state index contributed by atoms with van der Waals surface area (Å²) in [5.74, 6) is 1.23. The number of hydrogen-bond donors (Lipinski definition) is 2. The van der Waals surface area contributed by atoms with Crippen LogP contribution in [0.25, 0.3) is 0 Å². The zero-order chi connectivity index (χ0) is 11.1. The van der Waals surface area contributed by atoms with E-state index in [9.17, 15) is 4.79 Å². The van der Waals surface area contributed by atoms with Crippen LogP contribution in [0.2, 0.25) is 0 Å². The zero-order valence-electron chi connectivity index (χ0n) is 9.54. The van der Waals surface area contributed by atoms with Crippen molar-refractivity contribution in [3.05, 3.63) is 0 Å². The van der Waals surface area contributed by atoms with Crippen molar-refractivity contribution in [1.82, 2.24) is 5.32 Å². The van der Waals surface area contributed by atoms with Crippen molar-refractivity contribution < 1.29 is 4.79 Å². The van der Waals surface area contributed by atoms with E-state index >= 15 is 0 Å². The van der Waals surface area contributed by atoms with Gasteiger partial charge in [-0.15, -0.1) is 0 Å². The van der Waals surface area contributed by atoms with E-state index in [0.29, 0.717) is 0 Å². The molecule has 0 bridgehead atoms. The second-order valence-corrected chi connectivity index (χ2v) is 4.95. The smallest absolute Gasteiger partial charge is 0.237 e. The van der Waals surface area contributed by atoms with Crippen LogP contribution in [0.4, 0.5) is 0 Å². The average molecular weight is 218 g/mol. The lowest BCUT2D eigenvalue weighted by Crippen LogP contribution is -2.47. The van der Waals surface area contributed by atoms with Gasteiger partial charge in [-0.3, -0.25) is 4.79 Å². The van der Waals surface area contributed by atoms with Crippen LogP contribution >= 0.6 is 11.8 Å². The Morgan fingerprint density at radius 1 is 1.43 bits per heavy atom. The third kappa shape index (κ3) is 5.50. The minimum absolute atomic E-state index is 0.0337. The molecule has 0 aliphatic rings. The molecule has 0 heterocycles. The molecule has 14 heavy (non-hydrogen) atoms. The van der Waals surface area contributed by atoms with Gasteiger partial charge in [0.2, 0.25) is 5.91 Å². The Morgan fingerprint density at radius 2 is 2.00 bits per heavy atom. The average Bonchev–Trinajstić information content (AvgIpc) is 2.13. The van der Waals surface area contributed by atoms with Gasteiger partial charge in [0, 0.05) is 6.04 Å². The van der Waals surface area contributed by atoms with Crippen LogP contribution in [0.15, 0.2) is 0 Å². The van der Waals surface area contributed by atoms with Crippen LogP contribution in [-0.2, 0) is 4.79 Å². The van der Waals surface area contributed by atoms with Gasteiger partial charge in [0.1, 0.15) is 0 Å². The van der Waals surface area contributed by atoms with Crippen LogP contribution in [0.5, 0.6) is 0 Å². The fourth-order valence-corrected chi connectivity index (χ4v) is 1.60. The number of rotatable bonds is 6. The van der Waals surface area contributed by atoms with Crippen LogP contribution < -0.4 is 11.1 Å². The predicted octanol–water partition coefficient (Wildman–Crippen LogP) is 1.23. The molecule has 2 atom stereocenters. The van der Waals surface area contributed by atoms with E-state index in [1.54, 1.807) is 11.8 Å². The van der Waals surface area contributed by atoms with Crippen molar-refractivity contribution in [2.24, 2.45) is 11.7 Å². The molecule has 0 rings (SSSR count). The normalized spacial score (nSPS) is 15.3. The summed E-state index contributed by atoms with van der Waals surface area (Å²) in [5.41, 5.74) is 5.72. The first kappa shape index (κ1) is 13.8. The summed E-state index contributed by atoms with van der Waals surface area (Å²) in [5, 5.41) is 2.92. The van der Waals surface area contributed by atoms with Gasteiger partial charge in [-0.2, -0.15) is 11.8 Å². The van der Waals surface area contributed by atoms with Gasteiger partial charge in [-0.1, -0.05) is 13.8 Å². The molecule has 0 aromatic rings. The van der Waals surface area contributed by atoms with Gasteiger partial charge >= 0.3 is 0 Å². The predicted molar refractivity (Wildman–Crippen MR) is 63.4 cm³/mol. The molecule has 0 saturated heterocycles. The van der Waals surface area contributed by atoms with E-state index in [1.165, 1.54) is 0 Å². The largest absolute Gasteiger partial charge is 0.352 e. The Kier molecular flexibility index (Phi) is 7.01. The van der Waals surface area contributed by atoms with E-state index in [-0.39, 0.29) is 23.9 Å². The highest BCUT2D eigenvalue weighted by Gasteiger charge is 2.18. The quantitative estimate of drug-likeness (QED) is 0.705. The van der Waals surface area contributed by atoms with Gasteiger partial charge in [-0.25, -0.2) is 0 Å². The van der Waals surface area contributed by atoms with E-state index in [0.717, 1.165) is 12.2 Å². The highest BCUT2D eigenvalue weighted by Crippen LogP contribution is 2.02. The maximum absolute atomic E-state index is 11.5. The molecule has 84 valence electrons. The SMILES string of the molecule is CSCCC(C)NC(=O)C(N)C(C)C. The molecule has 1 amide bonds. The molecule has 2 unspecified atom stereocenters. The van der Waals surface area contributed by atoms with E-state index < -0.39 is 0 Å². The topological polar surface area (TPSA) is 55.1 Å². The summed E-state index contributed by atoms with van der Waals surface area (Å²) in [6.07, 6.45) is 3.06. The molecule has 0 aromatic carbocycles. The zero-order valence-corrected chi connectivity index (χ0v) is 10.4. The lowest BCUT2D eigenvalue weighted by atomic mass is 10.0. The number of nitrogens with two attached hydrogens (primary N) is 1. The highest BCUT2D eigenvalue weighted by molar-refractivity contribution is 7.98. The summed E-state index contributed by atoms with van der Waals surface area (Å²) in [4.78, 5) is 11.5. The molecular formula is C10H22N2OS. The van der Waals surface area contributed by atoms with Crippen molar-refractivity contribution in [2.45, 2.75) is 39.3 Å². The molecular weight excluding hydrogens is 196 g/mol. The lowest BCUT2D eigenvalue weighted by Gasteiger charge is -2.19. The monoisotopic (exact) mass is 218 g/mol. The van der Waals surface area contributed by atoms with Gasteiger partial charge < -0.3 is 11.1 Å². The van der Waals surface area contributed by atoms with Crippen LogP contribution in [0, 0.1) is 5.92 Å². The van der Waals surface area contributed by atoms with Gasteiger partial charge in [-0.05, 0) is 31.3 Å². The minimum atomic E-state index is -0.383. The summed E-state index contributed by atoms with van der Waals surface area (Å²) in [7, 11) is 0. The van der Waals surface area contributed by atoms with E-state index in [4.69, 9.17) is 5.73 Å². The van der Waals surface area contributed by atoms with Crippen molar-refractivity contribution in [3.63, 3.8) is 0 Å². The van der Waals surface area contributed by atoms with E-state index in [2.05, 4.69) is 11.6 Å². The number of thioether (sulfide) groups is 1. The fraction of sp³-hybridized carbons (Fsp3) is 0.900. The molecule has 0 aromatic heterocycles. The molecule has 0 fully saturated rings. The van der Waals surface area contributed by atoms with Gasteiger partial charge in [0.05, 0.1) is 6.04 Å². The Labute approximate surface area is 91.2 Å². The van der Waals surface area contributed by atoms with Crippen LogP contribution in [-0.4, -0.2) is 30.0 Å². The first-order valence-corrected chi connectivity index (χ1v) is 6.43. The molecule has 3 N–H and O–H groups in total. The molecule has 0 aliphatic heterocycles. The lowest BCUT2D eigenvalue weighted by molar-refractivity contribution is -0.123. The minimum Gasteiger partial charge on any atom is -0.352 e. The standard InChI is InChI=1S/C10H22N2OS/c1-7(2)9(11)10(13)12-8(3)5-6-14-4/h7-9H,5-6,11H2,1-4H3,(H,12,13). The number of carbonyl (C=O) groups excluding carboxylic acids is 1. The third-order valence-electron chi connectivity index (χ3n) is 2.16. The second-order valence-electron chi connectivity index (χ2n) is 3.96. The highest BCUT2D eigenvalue weighted by atomic mass is 32.2. The van der Waals surface area contributed by atoms with Crippen molar-refractivity contribution >= 4 is 17.7 Å². The Balaban J connectivity index is 3.81. The van der Waals surface area contributed by atoms with Crippen molar-refractivity contribution in [3.8, 4) is 0 Å². The molecule has 3 nitrogen and oxygen atoms in total. The summed E-state index contributed by atoms with van der Waals surface area (Å²) in [6, 6.07) is -0.161. The number of hydrogen-bond acceptors (Lipinski definition) is 3. The number of amides is 1. The van der Waals surface area contributed by atoms with Crippen molar-refractivity contribution in [1.29, 1.82) is 0 Å². The first-order valence-electron chi connectivity index (χ1n) is 5.04. The van der Waals surface area contributed by atoms with Crippen LogP contribution in [0.3, 0.4) is 0 Å². The number of nitrogens with one attached hydrogen (secondary N) is 1. The van der Waals surface area contributed by atoms with Gasteiger partial charge in [0.15, 0.2) is 0 Å². The summed E-state index contributed by atoms with van der Waals surface area (Å²) < 4.78 is 0. The summed E-state index contributed by atoms with van der Waals surface area (Å²) in [6.45, 7) is 5.93. The summed E-state index contributed by atoms with van der Waals surface area (Å²) >= 11 is 1.79. The first-order chi connectivity index (χ1) is 6.49. The molecule has 0 aliphatic carbocycles. The van der Waals surface area contributed by atoms with Crippen molar-refractivity contribution in [2.75, 3.05) is 12.0 Å². The molecule has 0 radical (unpaired) electrons. The van der Waals surface area contributed by atoms with Crippen LogP contribution in [0.1, 0.15) is 27.2 Å². The van der Waals surface area contributed by atoms with Gasteiger partial charge in [0.25, 0.3) is 0 Å². The maximum atomic E-state index is 11.5. The third-order valence-corrected chi connectivity index (χ3v) is 2.81. The Hall–Kier alpha value is -0.220. The Bertz CT molecular complexity index is 174. The maximum Gasteiger partial charge on any atom is 0.237 e. The number of carbonyl (C=O) groups is 1. The van der Waals surface area contributed by atoms with E-state index in [1.807, 2.05) is 20.8 Å². The molecule has 0 spiro atoms. The second kappa shape index (κ2) is 7.12. The molecule has 0 saturated carbocycles. The molecule has 4 heteroatoms. The Morgan fingerprint density at radius 3 is 2.43 bits per heavy atom. The fourth-order valence-electron chi connectivity index (χ4n) is 1.01.